The molecular formula is C16H19NO3. The normalized spacial score (nSPS) is 13.5. The van der Waals surface area contributed by atoms with Gasteiger partial charge >= 0.3 is 0 Å². The van der Waals surface area contributed by atoms with Gasteiger partial charge in [0.15, 0.2) is 5.76 Å². The summed E-state index contributed by atoms with van der Waals surface area (Å²) >= 11 is 0. The van der Waals surface area contributed by atoms with E-state index in [-0.39, 0.29) is 5.75 Å². The second-order valence-electron chi connectivity index (χ2n) is 4.70. The highest BCUT2D eigenvalue weighted by Gasteiger charge is 2.06. The van der Waals surface area contributed by atoms with Crippen LogP contribution < -0.4 is 10.6 Å². The molecule has 0 spiro atoms. The van der Waals surface area contributed by atoms with Crippen LogP contribution in [0.4, 0.5) is 0 Å². The Balaban J connectivity index is 2.77. The molecule has 0 aliphatic carbocycles. The Morgan fingerprint density at radius 3 is 2.60 bits per heavy atom. The van der Waals surface area contributed by atoms with Crippen molar-refractivity contribution in [3.8, 4) is 5.75 Å². The first-order chi connectivity index (χ1) is 9.47. The average Bonchev–Trinajstić information content (AvgIpc) is 2.73. The lowest BCUT2D eigenvalue weighted by Gasteiger charge is -2.04. The summed E-state index contributed by atoms with van der Waals surface area (Å²) in [5, 5.41) is 12.5. The Morgan fingerprint density at radius 2 is 2.00 bits per heavy atom. The topological polar surface area (TPSA) is 54.5 Å². The molecule has 106 valence electrons. The van der Waals surface area contributed by atoms with Crippen LogP contribution in [-0.4, -0.2) is 24.3 Å². The van der Waals surface area contributed by atoms with Crippen molar-refractivity contribution in [2.75, 3.05) is 14.2 Å². The van der Waals surface area contributed by atoms with Crippen molar-refractivity contribution in [1.82, 2.24) is 4.98 Å². The fourth-order valence-electron chi connectivity index (χ4n) is 2.15. The van der Waals surface area contributed by atoms with Crippen molar-refractivity contribution in [3.05, 3.63) is 39.8 Å². The minimum Gasteiger partial charge on any atom is -0.506 e. The average molecular weight is 273 g/mol. The highest BCUT2D eigenvalue weighted by atomic mass is 16.5. The molecule has 0 amide bonds. The summed E-state index contributed by atoms with van der Waals surface area (Å²) in [6.07, 6.45) is 1.82. The smallest absolute Gasteiger partial charge is 0.158 e. The summed E-state index contributed by atoms with van der Waals surface area (Å²) in [5.41, 5.74) is 1.67. The van der Waals surface area contributed by atoms with Crippen LogP contribution in [0.1, 0.15) is 12.5 Å². The third-order valence-electron chi connectivity index (χ3n) is 3.32. The van der Waals surface area contributed by atoms with E-state index in [9.17, 15) is 5.11 Å². The number of methoxy groups -OCH3 is 2. The number of aromatic amines is 1. The zero-order valence-corrected chi connectivity index (χ0v) is 12.2. The molecule has 0 saturated heterocycles. The molecule has 0 bridgehead atoms. The zero-order chi connectivity index (χ0) is 14.9. The van der Waals surface area contributed by atoms with Crippen molar-refractivity contribution >= 4 is 23.6 Å². The van der Waals surface area contributed by atoms with E-state index in [4.69, 9.17) is 9.47 Å². The Bertz CT molecular complexity index is 784. The quantitative estimate of drug-likeness (QED) is 0.840. The maximum Gasteiger partial charge on any atom is 0.158 e. The van der Waals surface area contributed by atoms with Crippen molar-refractivity contribution in [3.63, 3.8) is 0 Å². The number of aromatic hydroxyl groups is 1. The molecule has 1 heterocycles. The number of hydrogen-bond donors (Lipinski definition) is 2. The number of nitrogens with one attached hydrogen (secondary N) is 1. The number of rotatable bonds is 3. The molecule has 0 saturated carbocycles. The first-order valence-electron chi connectivity index (χ1n) is 6.28. The third-order valence-corrected chi connectivity index (χ3v) is 3.32. The molecule has 0 aliphatic heterocycles. The van der Waals surface area contributed by atoms with Gasteiger partial charge in [-0.3, -0.25) is 0 Å². The minimum atomic E-state index is 0.218. The number of aryl methyl sites for hydroxylation is 1. The van der Waals surface area contributed by atoms with Gasteiger partial charge in [-0.25, -0.2) is 0 Å². The van der Waals surface area contributed by atoms with Gasteiger partial charge < -0.3 is 19.6 Å². The molecule has 20 heavy (non-hydrogen) atoms. The molecule has 0 atom stereocenters. The molecule has 0 fully saturated rings. The van der Waals surface area contributed by atoms with Crippen molar-refractivity contribution in [2.45, 2.75) is 13.8 Å². The van der Waals surface area contributed by atoms with E-state index in [0.717, 1.165) is 21.5 Å². The number of benzene rings is 1. The molecule has 1 aromatic heterocycles. The van der Waals surface area contributed by atoms with Crippen LogP contribution in [0.3, 0.4) is 0 Å². The summed E-state index contributed by atoms with van der Waals surface area (Å²) < 4.78 is 10.5. The van der Waals surface area contributed by atoms with Crippen molar-refractivity contribution < 1.29 is 14.6 Å². The lowest BCUT2D eigenvalue weighted by molar-refractivity contribution is 0.236. The number of H-pyrrole nitrogens is 1. The number of phenols is 1. The molecule has 0 aliphatic rings. The maximum absolute atomic E-state index is 10.00. The van der Waals surface area contributed by atoms with E-state index in [1.54, 1.807) is 20.3 Å². The van der Waals surface area contributed by atoms with E-state index < -0.39 is 0 Å². The van der Waals surface area contributed by atoms with Crippen LogP contribution in [0.2, 0.25) is 0 Å². The highest BCUT2D eigenvalue weighted by molar-refractivity contribution is 5.86. The number of fused-ring (bicyclic) bond motifs is 1. The molecule has 2 N–H and O–H groups in total. The van der Waals surface area contributed by atoms with E-state index in [1.807, 2.05) is 26.0 Å². The van der Waals surface area contributed by atoms with Crippen LogP contribution >= 0.6 is 0 Å². The van der Waals surface area contributed by atoms with E-state index in [1.165, 1.54) is 0 Å². The number of ether oxygens (including phenoxy) is 2. The van der Waals surface area contributed by atoms with Gasteiger partial charge in [-0.05, 0) is 31.5 Å². The molecule has 0 radical (unpaired) electrons. The van der Waals surface area contributed by atoms with Gasteiger partial charge in [-0.2, -0.15) is 0 Å². The number of phenolic OH excluding ortho intramolecular Hbond substituents is 1. The Kier molecular flexibility index (Phi) is 3.74. The summed E-state index contributed by atoms with van der Waals surface area (Å²) in [7, 11) is 3.18. The number of aromatic nitrogens is 1. The summed E-state index contributed by atoms with van der Waals surface area (Å²) in [4.78, 5) is 3.17. The van der Waals surface area contributed by atoms with Crippen LogP contribution in [-0.2, 0) is 9.47 Å². The van der Waals surface area contributed by atoms with Crippen molar-refractivity contribution in [2.24, 2.45) is 0 Å². The van der Waals surface area contributed by atoms with Gasteiger partial charge in [-0.15, -0.1) is 0 Å². The molecule has 4 nitrogen and oxygen atoms in total. The van der Waals surface area contributed by atoms with Crippen LogP contribution in [0.5, 0.6) is 5.75 Å². The molecule has 2 rings (SSSR count). The first-order valence-corrected chi connectivity index (χ1v) is 6.28. The van der Waals surface area contributed by atoms with E-state index in [2.05, 4.69) is 11.6 Å². The second-order valence-corrected chi connectivity index (χ2v) is 4.70. The third kappa shape index (κ3) is 2.37. The van der Waals surface area contributed by atoms with Crippen molar-refractivity contribution in [1.29, 1.82) is 0 Å². The second kappa shape index (κ2) is 5.33. The maximum atomic E-state index is 10.00. The largest absolute Gasteiger partial charge is 0.506 e. The van der Waals surface area contributed by atoms with E-state index >= 15 is 0 Å². The van der Waals surface area contributed by atoms with Gasteiger partial charge in [0.25, 0.3) is 0 Å². The Hall–Kier alpha value is -2.36. The predicted octanol–water partition coefficient (Wildman–Crippen LogP) is 1.90. The summed E-state index contributed by atoms with van der Waals surface area (Å²) in [6.45, 7) is 7.83. The minimum absolute atomic E-state index is 0.218. The number of allylic oxidation sites excluding steroid dienone is 2. The fraction of sp³-hybridized carbons (Fsp3) is 0.250. The van der Waals surface area contributed by atoms with Gasteiger partial charge in [0.1, 0.15) is 11.5 Å². The van der Waals surface area contributed by atoms with Gasteiger partial charge in [-0.1, -0.05) is 6.58 Å². The van der Waals surface area contributed by atoms with Gasteiger partial charge in [0.05, 0.1) is 19.7 Å². The summed E-state index contributed by atoms with van der Waals surface area (Å²) in [6, 6.07) is 3.71. The molecule has 2 aromatic rings. The standard InChI is InChI=1S/C16H19NO3/c1-9-6-12-10(2)13(17-16(12)14(18)7-9)8-15(20-5)11(3)19-4/h6-8,17-18H,2H2,1,3-5H3/b13-8+,15-11-. The molecule has 0 unspecified atom stereocenters. The van der Waals surface area contributed by atoms with Crippen LogP contribution in [0.25, 0.3) is 23.6 Å². The SMILES string of the molecule is C=c1/c(=C\C(OC)=C(/C)OC)[nH]c2c(O)cc(C)cc12. The Labute approximate surface area is 117 Å². The fourth-order valence-corrected chi connectivity index (χ4v) is 2.15. The summed E-state index contributed by atoms with van der Waals surface area (Å²) in [5.74, 6) is 1.50. The zero-order valence-electron chi connectivity index (χ0n) is 12.2. The van der Waals surface area contributed by atoms with Crippen LogP contribution in [0.15, 0.2) is 23.7 Å². The molecular weight excluding hydrogens is 254 g/mol. The van der Waals surface area contributed by atoms with E-state index in [0.29, 0.717) is 17.0 Å². The van der Waals surface area contributed by atoms with Gasteiger partial charge in [0, 0.05) is 22.0 Å². The molecule has 1 aromatic carbocycles. The lowest BCUT2D eigenvalue weighted by Crippen LogP contribution is -2.21. The molecule has 4 heteroatoms. The Morgan fingerprint density at radius 1 is 1.30 bits per heavy atom. The first kappa shape index (κ1) is 14.1. The lowest BCUT2D eigenvalue weighted by atomic mass is 10.1. The van der Waals surface area contributed by atoms with Gasteiger partial charge in [0.2, 0.25) is 0 Å². The van der Waals surface area contributed by atoms with Crippen LogP contribution in [0, 0.1) is 6.92 Å². The highest BCUT2D eigenvalue weighted by Crippen LogP contribution is 2.21. The predicted molar refractivity (Wildman–Crippen MR) is 80.7 cm³/mol. The number of hydrogen-bond acceptors (Lipinski definition) is 3. The monoisotopic (exact) mass is 273 g/mol.